The smallest absolute Gasteiger partial charge is 0.0481 e. The molecule has 0 amide bonds. The zero-order valence-corrected chi connectivity index (χ0v) is 11.4. The summed E-state index contributed by atoms with van der Waals surface area (Å²) in [6, 6.07) is 9.07. The first-order valence-corrected chi connectivity index (χ1v) is 6.11. The zero-order chi connectivity index (χ0) is 12.7. The minimum absolute atomic E-state index is 0.439. The van der Waals surface area contributed by atoms with Crippen molar-refractivity contribution in [2.24, 2.45) is 0 Å². The molecule has 0 fully saturated rings. The second-order valence-corrected chi connectivity index (χ2v) is 4.76. The molecule has 0 aliphatic rings. The van der Waals surface area contributed by atoms with Gasteiger partial charge >= 0.3 is 0 Å². The number of ether oxygens (including phenoxy) is 1. The Morgan fingerprint density at radius 1 is 1.24 bits per heavy atom. The standard InChI is InChI=1S/C14H24N2O/c1-12(9-10-17-4)15-14-7-5-13(6-8-14)11-16(2)3/h5-8,12,15H,9-11H2,1-4H3. The molecule has 0 aliphatic carbocycles. The number of hydrogen-bond donors (Lipinski definition) is 1. The minimum atomic E-state index is 0.439. The zero-order valence-electron chi connectivity index (χ0n) is 11.4. The molecule has 0 saturated carbocycles. The quantitative estimate of drug-likeness (QED) is 0.787. The number of rotatable bonds is 7. The maximum absolute atomic E-state index is 5.07. The summed E-state index contributed by atoms with van der Waals surface area (Å²) in [4.78, 5) is 2.17. The van der Waals surface area contributed by atoms with E-state index in [4.69, 9.17) is 4.74 Å². The molecule has 0 radical (unpaired) electrons. The molecule has 1 N–H and O–H groups in total. The third-order valence-electron chi connectivity index (χ3n) is 2.62. The number of nitrogens with zero attached hydrogens (tertiary/aromatic N) is 1. The van der Waals surface area contributed by atoms with E-state index in [-0.39, 0.29) is 0 Å². The van der Waals surface area contributed by atoms with E-state index in [1.165, 1.54) is 11.3 Å². The number of benzene rings is 1. The minimum Gasteiger partial charge on any atom is -0.385 e. The third kappa shape index (κ3) is 5.71. The summed E-state index contributed by atoms with van der Waals surface area (Å²) < 4.78 is 5.07. The van der Waals surface area contributed by atoms with Gasteiger partial charge in [-0.25, -0.2) is 0 Å². The molecule has 1 aromatic carbocycles. The van der Waals surface area contributed by atoms with Crippen LogP contribution < -0.4 is 5.32 Å². The maximum atomic E-state index is 5.07. The molecule has 1 rings (SSSR count). The van der Waals surface area contributed by atoms with Crippen molar-refractivity contribution >= 4 is 5.69 Å². The summed E-state index contributed by atoms with van der Waals surface area (Å²) in [5.74, 6) is 0. The summed E-state index contributed by atoms with van der Waals surface area (Å²) >= 11 is 0. The lowest BCUT2D eigenvalue weighted by molar-refractivity contribution is 0.191. The van der Waals surface area contributed by atoms with Gasteiger partial charge in [-0.05, 0) is 45.1 Å². The largest absolute Gasteiger partial charge is 0.385 e. The Labute approximate surface area is 105 Å². The van der Waals surface area contributed by atoms with E-state index in [0.29, 0.717) is 6.04 Å². The first kappa shape index (κ1) is 14.0. The van der Waals surface area contributed by atoms with Crippen molar-refractivity contribution in [3.05, 3.63) is 29.8 Å². The normalized spacial score (nSPS) is 12.8. The predicted molar refractivity (Wildman–Crippen MR) is 73.4 cm³/mol. The third-order valence-corrected chi connectivity index (χ3v) is 2.62. The second kappa shape index (κ2) is 7.30. The van der Waals surface area contributed by atoms with Crippen molar-refractivity contribution in [3.8, 4) is 0 Å². The van der Waals surface area contributed by atoms with Crippen molar-refractivity contribution in [1.82, 2.24) is 4.90 Å². The van der Waals surface area contributed by atoms with Gasteiger partial charge in [0, 0.05) is 32.0 Å². The molecule has 3 heteroatoms. The highest BCUT2D eigenvalue weighted by molar-refractivity contribution is 5.45. The predicted octanol–water partition coefficient (Wildman–Crippen LogP) is 2.59. The van der Waals surface area contributed by atoms with E-state index in [1.54, 1.807) is 7.11 Å². The van der Waals surface area contributed by atoms with Crippen LogP contribution in [0.25, 0.3) is 0 Å². The van der Waals surface area contributed by atoms with E-state index in [2.05, 4.69) is 55.5 Å². The van der Waals surface area contributed by atoms with Gasteiger partial charge < -0.3 is 15.0 Å². The highest BCUT2D eigenvalue weighted by Gasteiger charge is 2.01. The molecule has 0 aliphatic heterocycles. The van der Waals surface area contributed by atoms with Crippen molar-refractivity contribution < 1.29 is 4.74 Å². The van der Waals surface area contributed by atoms with Gasteiger partial charge in [-0.3, -0.25) is 0 Å². The highest BCUT2D eigenvalue weighted by atomic mass is 16.5. The van der Waals surface area contributed by atoms with Crippen LogP contribution in [0.1, 0.15) is 18.9 Å². The molecular weight excluding hydrogens is 212 g/mol. The van der Waals surface area contributed by atoms with Gasteiger partial charge in [0.25, 0.3) is 0 Å². The molecule has 0 heterocycles. The Balaban J connectivity index is 2.44. The van der Waals surface area contributed by atoms with E-state index in [0.717, 1.165) is 19.6 Å². The average molecular weight is 236 g/mol. The Hall–Kier alpha value is -1.06. The fraction of sp³-hybridized carbons (Fsp3) is 0.571. The van der Waals surface area contributed by atoms with E-state index >= 15 is 0 Å². The molecule has 1 aromatic rings. The Morgan fingerprint density at radius 3 is 2.41 bits per heavy atom. The van der Waals surface area contributed by atoms with Crippen LogP contribution in [0.5, 0.6) is 0 Å². The number of hydrogen-bond acceptors (Lipinski definition) is 3. The van der Waals surface area contributed by atoms with Gasteiger partial charge in [-0.2, -0.15) is 0 Å². The molecule has 1 unspecified atom stereocenters. The summed E-state index contributed by atoms with van der Waals surface area (Å²) in [7, 11) is 5.90. The van der Waals surface area contributed by atoms with Gasteiger partial charge in [0.15, 0.2) is 0 Å². The van der Waals surface area contributed by atoms with Crippen LogP contribution in [-0.4, -0.2) is 38.8 Å². The van der Waals surface area contributed by atoms with Crippen LogP contribution in [0.2, 0.25) is 0 Å². The van der Waals surface area contributed by atoms with Crippen LogP contribution in [0.4, 0.5) is 5.69 Å². The van der Waals surface area contributed by atoms with Crippen LogP contribution >= 0.6 is 0 Å². The van der Waals surface area contributed by atoms with Crippen molar-refractivity contribution in [3.63, 3.8) is 0 Å². The molecule has 3 nitrogen and oxygen atoms in total. The van der Waals surface area contributed by atoms with Crippen LogP contribution in [0.3, 0.4) is 0 Å². The molecule has 17 heavy (non-hydrogen) atoms. The molecule has 0 aromatic heterocycles. The SMILES string of the molecule is COCCC(C)Nc1ccc(CN(C)C)cc1. The van der Waals surface area contributed by atoms with E-state index in [1.807, 2.05) is 0 Å². The molecule has 0 spiro atoms. The van der Waals surface area contributed by atoms with Gasteiger partial charge in [0.05, 0.1) is 0 Å². The van der Waals surface area contributed by atoms with Gasteiger partial charge in [-0.1, -0.05) is 12.1 Å². The fourth-order valence-electron chi connectivity index (χ4n) is 1.72. The van der Waals surface area contributed by atoms with Crippen molar-refractivity contribution in [2.45, 2.75) is 25.9 Å². The highest BCUT2D eigenvalue weighted by Crippen LogP contribution is 2.12. The molecule has 0 bridgehead atoms. The lowest BCUT2D eigenvalue weighted by Crippen LogP contribution is -2.17. The van der Waals surface area contributed by atoms with Crippen LogP contribution in [0, 0.1) is 0 Å². The van der Waals surface area contributed by atoms with E-state index < -0.39 is 0 Å². The Bertz CT molecular complexity index is 309. The topological polar surface area (TPSA) is 24.5 Å². The summed E-state index contributed by atoms with van der Waals surface area (Å²) in [6.45, 7) is 3.96. The molecular formula is C14H24N2O. The van der Waals surface area contributed by atoms with E-state index in [9.17, 15) is 0 Å². The van der Waals surface area contributed by atoms with Crippen molar-refractivity contribution in [2.75, 3.05) is 33.1 Å². The van der Waals surface area contributed by atoms with Crippen molar-refractivity contribution in [1.29, 1.82) is 0 Å². The summed E-state index contributed by atoms with van der Waals surface area (Å²) in [6.07, 6.45) is 1.02. The Kier molecular flexibility index (Phi) is 6.01. The number of methoxy groups -OCH3 is 1. The van der Waals surface area contributed by atoms with Crippen LogP contribution in [-0.2, 0) is 11.3 Å². The fourth-order valence-corrected chi connectivity index (χ4v) is 1.72. The Morgan fingerprint density at radius 2 is 1.88 bits per heavy atom. The monoisotopic (exact) mass is 236 g/mol. The van der Waals surface area contributed by atoms with Gasteiger partial charge in [0.2, 0.25) is 0 Å². The van der Waals surface area contributed by atoms with Gasteiger partial charge in [0.1, 0.15) is 0 Å². The molecule has 96 valence electrons. The summed E-state index contributed by atoms with van der Waals surface area (Å²) in [5.41, 5.74) is 2.52. The maximum Gasteiger partial charge on any atom is 0.0481 e. The van der Waals surface area contributed by atoms with Gasteiger partial charge in [-0.15, -0.1) is 0 Å². The van der Waals surface area contributed by atoms with Crippen LogP contribution in [0.15, 0.2) is 24.3 Å². The lowest BCUT2D eigenvalue weighted by atomic mass is 10.1. The first-order valence-electron chi connectivity index (χ1n) is 6.11. The number of nitrogens with one attached hydrogen (secondary N) is 1. The lowest BCUT2D eigenvalue weighted by Gasteiger charge is -2.15. The molecule has 1 atom stereocenters. The summed E-state index contributed by atoms with van der Waals surface area (Å²) in [5, 5.41) is 3.46. The first-order chi connectivity index (χ1) is 8.11. The molecule has 0 saturated heterocycles. The number of anilines is 1. The average Bonchev–Trinajstić information content (AvgIpc) is 2.28. The second-order valence-electron chi connectivity index (χ2n) is 4.76.